The predicted octanol–water partition coefficient (Wildman–Crippen LogP) is 3.00. The molecule has 0 spiro atoms. The number of nitrogens with zero attached hydrogens (tertiary/aromatic N) is 3. The lowest BCUT2D eigenvalue weighted by Gasteiger charge is -2.35. The van der Waals surface area contributed by atoms with Crippen molar-refractivity contribution in [2.75, 3.05) is 26.2 Å². The van der Waals surface area contributed by atoms with Crippen LogP contribution in [-0.4, -0.2) is 58.3 Å². The molecule has 0 bridgehead atoms. The van der Waals surface area contributed by atoms with E-state index >= 15 is 0 Å². The van der Waals surface area contributed by atoms with E-state index in [-0.39, 0.29) is 11.8 Å². The molecule has 1 saturated heterocycles. The van der Waals surface area contributed by atoms with E-state index < -0.39 is 5.97 Å². The molecule has 0 aliphatic carbocycles. The Balaban J connectivity index is 1.36. The maximum Gasteiger partial charge on any atom is 0.308 e. The van der Waals surface area contributed by atoms with E-state index in [1.54, 1.807) is 34.1 Å². The van der Waals surface area contributed by atoms with Crippen LogP contribution in [0.4, 0.5) is 0 Å². The Morgan fingerprint density at radius 3 is 1.90 bits per heavy atom. The van der Waals surface area contributed by atoms with Gasteiger partial charge in [0.15, 0.2) is 0 Å². The largest absolute Gasteiger partial charge is 0.427 e. The third kappa shape index (κ3) is 4.66. The van der Waals surface area contributed by atoms with Crippen molar-refractivity contribution >= 4 is 17.8 Å². The fourth-order valence-electron chi connectivity index (χ4n) is 3.62. The normalized spacial score (nSPS) is 13.7. The summed E-state index contributed by atoms with van der Waals surface area (Å²) in [7, 11) is 0. The molecule has 0 N–H and O–H groups in total. The monoisotopic (exact) mass is 417 g/mol. The first-order valence-corrected chi connectivity index (χ1v) is 10.1. The summed E-state index contributed by atoms with van der Waals surface area (Å²) in [4.78, 5) is 40.3. The Labute approximate surface area is 180 Å². The topological polar surface area (TPSA) is 71.9 Å². The Morgan fingerprint density at radius 2 is 1.32 bits per heavy atom. The molecule has 1 aliphatic rings. The van der Waals surface area contributed by atoms with Crippen molar-refractivity contribution in [2.24, 2.45) is 0 Å². The van der Waals surface area contributed by atoms with Gasteiger partial charge in [-0.2, -0.15) is 0 Å². The molecule has 7 heteroatoms. The average molecular weight is 417 g/mol. The van der Waals surface area contributed by atoms with Crippen molar-refractivity contribution in [2.45, 2.75) is 6.92 Å². The molecule has 0 unspecified atom stereocenters. The molecule has 158 valence electrons. The minimum Gasteiger partial charge on any atom is -0.427 e. The van der Waals surface area contributed by atoms with E-state index in [9.17, 15) is 14.4 Å². The number of aromatic nitrogens is 1. The predicted molar refractivity (Wildman–Crippen MR) is 115 cm³/mol. The molecule has 1 fully saturated rings. The van der Waals surface area contributed by atoms with Gasteiger partial charge >= 0.3 is 5.97 Å². The maximum absolute atomic E-state index is 12.9. The Kier molecular flexibility index (Phi) is 5.84. The summed E-state index contributed by atoms with van der Waals surface area (Å²) in [6.07, 6.45) is 3.91. The fraction of sp³-hybridized carbons (Fsp3) is 0.208. The van der Waals surface area contributed by atoms with Crippen LogP contribution in [0.15, 0.2) is 73.1 Å². The summed E-state index contributed by atoms with van der Waals surface area (Å²) < 4.78 is 7.04. The molecule has 4 rings (SSSR count). The van der Waals surface area contributed by atoms with Crippen LogP contribution in [0, 0.1) is 0 Å². The molecule has 31 heavy (non-hydrogen) atoms. The van der Waals surface area contributed by atoms with Gasteiger partial charge in [0.1, 0.15) is 5.75 Å². The van der Waals surface area contributed by atoms with E-state index in [4.69, 9.17) is 4.74 Å². The van der Waals surface area contributed by atoms with Crippen LogP contribution in [-0.2, 0) is 4.79 Å². The highest BCUT2D eigenvalue weighted by atomic mass is 16.5. The zero-order chi connectivity index (χ0) is 21.8. The van der Waals surface area contributed by atoms with Crippen LogP contribution in [0.2, 0.25) is 0 Å². The number of esters is 1. The quantitative estimate of drug-likeness (QED) is 0.483. The van der Waals surface area contributed by atoms with E-state index in [0.717, 1.165) is 5.69 Å². The Hall–Kier alpha value is -3.87. The third-order valence-corrected chi connectivity index (χ3v) is 5.21. The summed E-state index contributed by atoms with van der Waals surface area (Å²) in [5, 5.41) is 0. The van der Waals surface area contributed by atoms with Crippen LogP contribution in [0.1, 0.15) is 27.6 Å². The van der Waals surface area contributed by atoms with E-state index in [1.165, 1.54) is 6.92 Å². The van der Waals surface area contributed by atoms with Crippen molar-refractivity contribution in [1.29, 1.82) is 0 Å². The highest BCUT2D eigenvalue weighted by molar-refractivity contribution is 5.96. The number of amides is 2. The number of carbonyl (C=O) groups is 3. The van der Waals surface area contributed by atoms with E-state index in [1.807, 2.05) is 53.4 Å². The summed E-state index contributed by atoms with van der Waals surface area (Å²) in [5.74, 6) is -0.270. The molecular weight excluding hydrogens is 394 g/mol. The summed E-state index contributed by atoms with van der Waals surface area (Å²) in [5.41, 5.74) is 2.08. The van der Waals surface area contributed by atoms with Crippen molar-refractivity contribution in [3.63, 3.8) is 0 Å². The SMILES string of the molecule is CC(=O)Oc1cccc(C(=O)N2CCN(C(=O)c3ccc(-n4cccc4)cc3)CC2)c1. The second-order valence-electron chi connectivity index (χ2n) is 7.34. The number of hydrogen-bond donors (Lipinski definition) is 0. The standard InChI is InChI=1S/C24H23N3O4/c1-18(28)31-22-6-4-5-20(17-22)24(30)27-15-13-26(14-16-27)23(29)19-7-9-21(10-8-19)25-11-2-3-12-25/h2-12,17H,13-16H2,1H3. The van der Waals surface area contributed by atoms with Gasteiger partial charge in [-0.05, 0) is 54.6 Å². The van der Waals surface area contributed by atoms with Crippen LogP contribution >= 0.6 is 0 Å². The lowest BCUT2D eigenvalue weighted by Crippen LogP contribution is -2.50. The first kappa shape index (κ1) is 20.4. The zero-order valence-corrected chi connectivity index (χ0v) is 17.2. The van der Waals surface area contributed by atoms with E-state index in [2.05, 4.69) is 0 Å². The first-order valence-electron chi connectivity index (χ1n) is 10.1. The highest BCUT2D eigenvalue weighted by Crippen LogP contribution is 2.18. The molecule has 0 radical (unpaired) electrons. The van der Waals surface area contributed by atoms with Crippen LogP contribution in [0.25, 0.3) is 5.69 Å². The molecule has 1 aliphatic heterocycles. The number of rotatable bonds is 4. The van der Waals surface area contributed by atoms with Gasteiger partial charge in [0.2, 0.25) is 0 Å². The number of benzene rings is 2. The lowest BCUT2D eigenvalue weighted by atomic mass is 10.1. The minimum absolute atomic E-state index is 0.0389. The maximum atomic E-state index is 12.9. The molecule has 2 amide bonds. The molecule has 0 atom stereocenters. The van der Waals surface area contributed by atoms with Crippen LogP contribution in [0.3, 0.4) is 0 Å². The molecule has 1 aromatic heterocycles. The van der Waals surface area contributed by atoms with Gasteiger partial charge in [0.05, 0.1) is 0 Å². The van der Waals surface area contributed by atoms with Crippen LogP contribution in [0.5, 0.6) is 5.75 Å². The first-order chi connectivity index (χ1) is 15.0. The molecule has 7 nitrogen and oxygen atoms in total. The number of carbonyl (C=O) groups excluding carboxylic acids is 3. The third-order valence-electron chi connectivity index (χ3n) is 5.21. The van der Waals surface area contributed by atoms with Crippen molar-refractivity contribution in [3.8, 4) is 11.4 Å². The second kappa shape index (κ2) is 8.87. The number of hydrogen-bond acceptors (Lipinski definition) is 4. The van der Waals surface area contributed by atoms with Crippen LogP contribution < -0.4 is 4.74 Å². The zero-order valence-electron chi connectivity index (χ0n) is 17.2. The molecular formula is C24H23N3O4. The van der Waals surface area contributed by atoms with Gasteiger partial charge in [-0.25, -0.2) is 0 Å². The summed E-state index contributed by atoms with van der Waals surface area (Å²) in [6, 6.07) is 18.0. The molecule has 2 heterocycles. The summed E-state index contributed by atoms with van der Waals surface area (Å²) in [6.45, 7) is 3.15. The highest BCUT2D eigenvalue weighted by Gasteiger charge is 2.25. The average Bonchev–Trinajstić information content (AvgIpc) is 3.33. The van der Waals surface area contributed by atoms with Crippen molar-refractivity contribution in [3.05, 3.63) is 84.2 Å². The minimum atomic E-state index is -0.432. The Bertz CT molecular complexity index is 1080. The molecule has 0 saturated carbocycles. The lowest BCUT2D eigenvalue weighted by molar-refractivity contribution is -0.131. The van der Waals surface area contributed by atoms with Crippen molar-refractivity contribution in [1.82, 2.24) is 14.4 Å². The van der Waals surface area contributed by atoms with Gasteiger partial charge in [-0.3, -0.25) is 14.4 Å². The van der Waals surface area contributed by atoms with E-state index in [0.29, 0.717) is 43.1 Å². The number of piperazine rings is 1. The van der Waals surface area contributed by atoms with Crippen molar-refractivity contribution < 1.29 is 19.1 Å². The van der Waals surface area contributed by atoms with Gasteiger partial charge in [-0.1, -0.05) is 6.07 Å². The second-order valence-corrected chi connectivity index (χ2v) is 7.34. The van der Waals surface area contributed by atoms with Gasteiger partial charge in [-0.15, -0.1) is 0 Å². The van der Waals surface area contributed by atoms with Gasteiger partial charge in [0, 0.05) is 62.3 Å². The summed E-state index contributed by atoms with van der Waals surface area (Å²) >= 11 is 0. The molecule has 3 aromatic rings. The fourth-order valence-corrected chi connectivity index (χ4v) is 3.62. The molecule has 2 aromatic carbocycles. The Morgan fingerprint density at radius 1 is 0.742 bits per heavy atom. The van der Waals surface area contributed by atoms with Gasteiger partial charge < -0.3 is 19.1 Å². The smallest absolute Gasteiger partial charge is 0.308 e. The van der Waals surface area contributed by atoms with Gasteiger partial charge in [0.25, 0.3) is 11.8 Å². The number of ether oxygens (including phenoxy) is 1.